The van der Waals surface area contributed by atoms with Crippen LogP contribution in [0.4, 0.5) is 5.00 Å². The van der Waals surface area contributed by atoms with Gasteiger partial charge in [-0.2, -0.15) is 0 Å². The van der Waals surface area contributed by atoms with Crippen molar-refractivity contribution in [2.24, 2.45) is 5.73 Å². The first-order valence-corrected chi connectivity index (χ1v) is 7.76. The van der Waals surface area contributed by atoms with Gasteiger partial charge in [0.15, 0.2) is 5.69 Å². The smallest absolute Gasteiger partial charge is 0.270 e. The first-order valence-electron chi connectivity index (χ1n) is 6.94. The fourth-order valence-electron chi connectivity index (χ4n) is 2.40. The van der Waals surface area contributed by atoms with Crippen molar-refractivity contribution in [1.29, 1.82) is 0 Å². The zero-order valence-corrected chi connectivity index (χ0v) is 12.8. The number of carbonyl (C=O) groups excluding carboxylic acids is 1. The molecule has 0 aliphatic carbocycles. The quantitative estimate of drug-likeness (QED) is 0.936. The molecule has 1 aliphatic rings. The molecule has 1 aromatic heterocycles. The molecule has 0 radical (unpaired) electrons. The highest BCUT2D eigenvalue weighted by Crippen LogP contribution is 2.35. The minimum absolute atomic E-state index is 0.392. The Bertz CT molecular complexity index is 632. The fraction of sp³-hybridized carbons (Fsp3) is 0.333. The third-order valence-electron chi connectivity index (χ3n) is 3.65. The highest BCUT2D eigenvalue weighted by Gasteiger charge is 2.24. The van der Waals surface area contributed by atoms with Crippen LogP contribution in [0.25, 0.3) is 10.6 Å². The predicted octanol–water partition coefficient (Wildman–Crippen LogP) is 1.66. The van der Waals surface area contributed by atoms with Gasteiger partial charge in [0.2, 0.25) is 0 Å². The van der Waals surface area contributed by atoms with Crippen LogP contribution < -0.4 is 10.6 Å². The predicted molar refractivity (Wildman–Crippen MR) is 85.8 cm³/mol. The van der Waals surface area contributed by atoms with Crippen molar-refractivity contribution in [2.45, 2.75) is 0 Å². The lowest BCUT2D eigenvalue weighted by Gasteiger charge is -2.33. The Labute approximate surface area is 128 Å². The molecule has 2 aromatic rings. The lowest BCUT2D eigenvalue weighted by molar-refractivity contribution is 0.0996. The lowest BCUT2D eigenvalue weighted by Crippen LogP contribution is -2.44. The fourth-order valence-corrected chi connectivity index (χ4v) is 3.53. The van der Waals surface area contributed by atoms with Gasteiger partial charge in [0.05, 0.1) is 0 Å². The molecule has 0 atom stereocenters. The molecule has 0 saturated carbocycles. The largest absolute Gasteiger partial charge is 0.364 e. The highest BCUT2D eigenvalue weighted by molar-refractivity contribution is 7.19. The van der Waals surface area contributed by atoms with Crippen molar-refractivity contribution in [3.8, 4) is 10.6 Å². The standard InChI is InChI=1S/C15H18N4OS/c1-18-7-9-19(10-8-18)15-12(13(16)20)17-14(21-15)11-5-3-2-4-6-11/h2-6H,7-10H2,1H3,(H2,16,20). The monoisotopic (exact) mass is 302 g/mol. The van der Waals surface area contributed by atoms with E-state index in [1.807, 2.05) is 30.3 Å². The maximum absolute atomic E-state index is 11.7. The van der Waals surface area contributed by atoms with Gasteiger partial charge in [-0.25, -0.2) is 4.98 Å². The summed E-state index contributed by atoms with van der Waals surface area (Å²) in [6, 6.07) is 9.90. The van der Waals surface area contributed by atoms with E-state index in [1.165, 1.54) is 0 Å². The number of nitrogens with zero attached hydrogens (tertiary/aromatic N) is 3. The molecule has 3 rings (SSSR count). The number of hydrogen-bond acceptors (Lipinski definition) is 5. The molecular weight excluding hydrogens is 284 g/mol. The molecule has 1 aromatic carbocycles. The average Bonchev–Trinajstić information content (AvgIpc) is 2.94. The van der Waals surface area contributed by atoms with Crippen LogP contribution in [0.15, 0.2) is 30.3 Å². The normalized spacial score (nSPS) is 16.1. The van der Waals surface area contributed by atoms with E-state index < -0.39 is 5.91 Å². The van der Waals surface area contributed by atoms with E-state index in [9.17, 15) is 4.79 Å². The van der Waals surface area contributed by atoms with E-state index in [4.69, 9.17) is 5.73 Å². The van der Waals surface area contributed by atoms with Gasteiger partial charge in [-0.15, -0.1) is 0 Å². The van der Waals surface area contributed by atoms with Gasteiger partial charge in [0.1, 0.15) is 10.0 Å². The number of hydrogen-bond donors (Lipinski definition) is 1. The van der Waals surface area contributed by atoms with Crippen LogP contribution in [-0.4, -0.2) is 49.0 Å². The van der Waals surface area contributed by atoms with E-state index in [1.54, 1.807) is 11.3 Å². The molecule has 1 fully saturated rings. The Morgan fingerprint density at radius 1 is 1.19 bits per heavy atom. The van der Waals surface area contributed by atoms with Gasteiger partial charge in [0, 0.05) is 31.7 Å². The van der Waals surface area contributed by atoms with Crippen LogP contribution in [0, 0.1) is 0 Å². The number of aromatic nitrogens is 1. The van der Waals surface area contributed by atoms with Gasteiger partial charge in [-0.05, 0) is 7.05 Å². The van der Waals surface area contributed by atoms with Crippen molar-refractivity contribution in [1.82, 2.24) is 9.88 Å². The van der Waals surface area contributed by atoms with Gasteiger partial charge in [-0.3, -0.25) is 4.79 Å². The number of likely N-dealkylation sites (N-methyl/N-ethyl adjacent to an activating group) is 1. The summed E-state index contributed by atoms with van der Waals surface area (Å²) in [6.07, 6.45) is 0. The maximum Gasteiger partial charge on any atom is 0.270 e. The van der Waals surface area contributed by atoms with Crippen LogP contribution in [0.2, 0.25) is 0 Å². The van der Waals surface area contributed by atoms with E-state index in [0.29, 0.717) is 5.69 Å². The Hall–Kier alpha value is -1.92. The number of thiazole rings is 1. The Kier molecular flexibility index (Phi) is 3.90. The zero-order chi connectivity index (χ0) is 14.8. The summed E-state index contributed by atoms with van der Waals surface area (Å²) in [5.74, 6) is -0.456. The number of carbonyl (C=O) groups is 1. The number of rotatable bonds is 3. The van der Waals surface area contributed by atoms with E-state index in [0.717, 1.165) is 41.8 Å². The molecule has 21 heavy (non-hydrogen) atoms. The number of primary amides is 1. The maximum atomic E-state index is 11.7. The molecule has 1 saturated heterocycles. The molecule has 1 amide bonds. The summed E-state index contributed by atoms with van der Waals surface area (Å²) in [4.78, 5) is 20.7. The number of piperazine rings is 1. The van der Waals surface area contributed by atoms with Gasteiger partial charge < -0.3 is 15.5 Å². The summed E-state index contributed by atoms with van der Waals surface area (Å²) in [5, 5.41) is 1.74. The van der Waals surface area contributed by atoms with Crippen LogP contribution in [0.3, 0.4) is 0 Å². The van der Waals surface area contributed by atoms with Crippen LogP contribution in [0.5, 0.6) is 0 Å². The van der Waals surface area contributed by atoms with E-state index >= 15 is 0 Å². The first-order chi connectivity index (χ1) is 10.1. The lowest BCUT2D eigenvalue weighted by atomic mass is 10.2. The van der Waals surface area contributed by atoms with Crippen LogP contribution in [-0.2, 0) is 0 Å². The second kappa shape index (κ2) is 5.83. The Morgan fingerprint density at radius 2 is 1.86 bits per heavy atom. The number of amides is 1. The molecule has 110 valence electrons. The molecular formula is C15H18N4OS. The summed E-state index contributed by atoms with van der Waals surface area (Å²) < 4.78 is 0. The highest BCUT2D eigenvalue weighted by atomic mass is 32.1. The SMILES string of the molecule is CN1CCN(c2sc(-c3ccccc3)nc2C(N)=O)CC1. The van der Waals surface area contributed by atoms with Crippen LogP contribution in [0.1, 0.15) is 10.5 Å². The zero-order valence-electron chi connectivity index (χ0n) is 12.0. The molecule has 0 bridgehead atoms. The summed E-state index contributed by atoms with van der Waals surface area (Å²) >= 11 is 1.54. The number of anilines is 1. The van der Waals surface area contributed by atoms with Crippen molar-refractivity contribution >= 4 is 22.2 Å². The van der Waals surface area contributed by atoms with Crippen LogP contribution >= 0.6 is 11.3 Å². The van der Waals surface area contributed by atoms with E-state index in [-0.39, 0.29) is 0 Å². The molecule has 2 heterocycles. The van der Waals surface area contributed by atoms with Crippen molar-refractivity contribution in [3.63, 3.8) is 0 Å². The van der Waals surface area contributed by atoms with Gasteiger partial charge >= 0.3 is 0 Å². The molecule has 2 N–H and O–H groups in total. The molecule has 1 aliphatic heterocycles. The van der Waals surface area contributed by atoms with Crippen molar-refractivity contribution < 1.29 is 4.79 Å². The summed E-state index contributed by atoms with van der Waals surface area (Å²) in [7, 11) is 2.11. The summed E-state index contributed by atoms with van der Waals surface area (Å²) in [6.45, 7) is 3.76. The molecule has 0 unspecified atom stereocenters. The average molecular weight is 302 g/mol. The Morgan fingerprint density at radius 3 is 2.48 bits per heavy atom. The third kappa shape index (κ3) is 2.91. The molecule has 5 nitrogen and oxygen atoms in total. The number of nitrogens with two attached hydrogens (primary N) is 1. The molecule has 6 heteroatoms. The molecule has 0 spiro atoms. The van der Waals surface area contributed by atoms with Gasteiger partial charge in [-0.1, -0.05) is 41.7 Å². The third-order valence-corrected chi connectivity index (χ3v) is 4.82. The minimum atomic E-state index is -0.456. The first kappa shape index (κ1) is 14.0. The van der Waals surface area contributed by atoms with E-state index in [2.05, 4.69) is 21.8 Å². The minimum Gasteiger partial charge on any atom is -0.364 e. The second-order valence-electron chi connectivity index (χ2n) is 5.19. The number of benzene rings is 1. The summed E-state index contributed by atoms with van der Waals surface area (Å²) in [5.41, 5.74) is 6.92. The topological polar surface area (TPSA) is 62.5 Å². The van der Waals surface area contributed by atoms with Crippen molar-refractivity contribution in [3.05, 3.63) is 36.0 Å². The second-order valence-corrected chi connectivity index (χ2v) is 6.17. The van der Waals surface area contributed by atoms with Crippen molar-refractivity contribution in [2.75, 3.05) is 38.1 Å². The van der Waals surface area contributed by atoms with Gasteiger partial charge in [0.25, 0.3) is 5.91 Å². The Balaban J connectivity index is 1.96.